The number of likely N-dealkylation sites (N-methyl/N-ethyl adjacent to an activating group) is 1. The van der Waals surface area contributed by atoms with Gasteiger partial charge in [-0.05, 0) is 24.3 Å². The van der Waals surface area contributed by atoms with E-state index in [-0.39, 0.29) is 12.5 Å². The molecule has 1 heterocycles. The number of fused-ring (bicyclic) bond motifs is 1. The first-order valence-electron chi connectivity index (χ1n) is 9.29. The number of hydrogen-bond acceptors (Lipinski definition) is 6. The number of anilines is 1. The molecule has 1 unspecified atom stereocenters. The number of amides is 2. The fourth-order valence-corrected chi connectivity index (χ4v) is 2.99. The van der Waals surface area contributed by atoms with Crippen LogP contribution in [0.4, 0.5) is 5.69 Å². The lowest BCUT2D eigenvalue weighted by Gasteiger charge is -2.33. The van der Waals surface area contributed by atoms with E-state index in [1.807, 2.05) is 12.1 Å². The van der Waals surface area contributed by atoms with Crippen molar-refractivity contribution in [3.05, 3.63) is 60.2 Å². The number of esters is 1. The number of methoxy groups -OCH3 is 1. The second kappa shape index (κ2) is 9.60. The van der Waals surface area contributed by atoms with E-state index in [0.717, 1.165) is 0 Å². The van der Waals surface area contributed by atoms with Crippen LogP contribution in [0.25, 0.3) is 6.08 Å². The Balaban J connectivity index is 1.65. The predicted octanol–water partition coefficient (Wildman–Crippen LogP) is 1.79. The molecule has 0 fully saturated rings. The minimum absolute atomic E-state index is 0.0180. The van der Waals surface area contributed by atoms with Gasteiger partial charge in [0.15, 0.2) is 12.7 Å². The highest BCUT2D eigenvalue weighted by Crippen LogP contribution is 2.33. The molecular weight excluding hydrogens is 388 g/mol. The summed E-state index contributed by atoms with van der Waals surface area (Å²) in [5, 5.41) is 2.51. The van der Waals surface area contributed by atoms with Crippen molar-refractivity contribution in [3.8, 4) is 11.5 Å². The molecule has 1 aliphatic rings. The van der Waals surface area contributed by atoms with Gasteiger partial charge < -0.3 is 24.4 Å². The molecular formula is C22H22N2O6. The maximum Gasteiger partial charge on any atom is 0.331 e. The van der Waals surface area contributed by atoms with Gasteiger partial charge in [-0.1, -0.05) is 30.3 Å². The van der Waals surface area contributed by atoms with Gasteiger partial charge in [0.05, 0.1) is 19.3 Å². The zero-order valence-corrected chi connectivity index (χ0v) is 16.7. The van der Waals surface area contributed by atoms with Gasteiger partial charge in [-0.15, -0.1) is 0 Å². The second-order valence-electron chi connectivity index (χ2n) is 6.38. The van der Waals surface area contributed by atoms with Crippen LogP contribution in [-0.2, 0) is 19.1 Å². The molecule has 156 valence electrons. The summed E-state index contributed by atoms with van der Waals surface area (Å²) in [5.74, 6) is -0.452. The molecule has 0 aliphatic carbocycles. The highest BCUT2D eigenvalue weighted by molar-refractivity contribution is 5.99. The van der Waals surface area contributed by atoms with E-state index in [1.165, 1.54) is 25.1 Å². The fraction of sp³-hybridized carbons (Fsp3) is 0.227. The zero-order valence-electron chi connectivity index (χ0n) is 16.7. The van der Waals surface area contributed by atoms with E-state index in [1.54, 1.807) is 42.5 Å². The summed E-state index contributed by atoms with van der Waals surface area (Å²) in [7, 11) is 3.03. The molecule has 0 radical (unpaired) electrons. The SMILES string of the molecule is CNC(=O)C1CN(C(=O)COC(=O)/C=C/c2ccccc2OC)c2ccccc2O1. The summed E-state index contributed by atoms with van der Waals surface area (Å²) in [6.45, 7) is -0.450. The number of carbonyl (C=O) groups excluding carboxylic acids is 3. The third-order valence-corrected chi connectivity index (χ3v) is 4.49. The molecule has 2 aromatic rings. The van der Waals surface area contributed by atoms with Crippen molar-refractivity contribution in [2.45, 2.75) is 6.10 Å². The summed E-state index contributed by atoms with van der Waals surface area (Å²) in [6.07, 6.45) is 1.93. The van der Waals surface area contributed by atoms with Crippen LogP contribution in [0.15, 0.2) is 54.6 Å². The Morgan fingerprint density at radius 3 is 2.67 bits per heavy atom. The standard InChI is InChI=1S/C22H22N2O6/c1-23-22(27)19-13-24(16-8-4-6-10-18(16)30-19)20(25)14-29-21(26)12-11-15-7-3-5-9-17(15)28-2/h3-12,19H,13-14H2,1-2H3,(H,23,27)/b12-11+. The minimum Gasteiger partial charge on any atom is -0.496 e. The Hall–Kier alpha value is -3.81. The van der Waals surface area contributed by atoms with Crippen LogP contribution in [-0.4, -0.2) is 51.2 Å². The van der Waals surface area contributed by atoms with Gasteiger partial charge in [-0.2, -0.15) is 0 Å². The number of nitrogens with one attached hydrogen (secondary N) is 1. The van der Waals surface area contributed by atoms with Crippen LogP contribution in [0.2, 0.25) is 0 Å². The molecule has 8 nitrogen and oxygen atoms in total. The van der Waals surface area contributed by atoms with Gasteiger partial charge in [0.25, 0.3) is 11.8 Å². The molecule has 2 aromatic carbocycles. The summed E-state index contributed by atoms with van der Waals surface area (Å²) < 4.78 is 16.0. The normalized spacial score (nSPS) is 15.1. The summed E-state index contributed by atoms with van der Waals surface area (Å²) in [6, 6.07) is 14.1. The highest BCUT2D eigenvalue weighted by atomic mass is 16.5. The monoisotopic (exact) mass is 410 g/mol. The fourth-order valence-electron chi connectivity index (χ4n) is 2.99. The van der Waals surface area contributed by atoms with Gasteiger partial charge in [-0.3, -0.25) is 9.59 Å². The quantitative estimate of drug-likeness (QED) is 0.577. The van der Waals surface area contributed by atoms with Gasteiger partial charge in [0, 0.05) is 18.7 Å². The first-order chi connectivity index (χ1) is 14.5. The van der Waals surface area contributed by atoms with E-state index >= 15 is 0 Å². The van der Waals surface area contributed by atoms with Crippen molar-refractivity contribution in [1.29, 1.82) is 0 Å². The average molecular weight is 410 g/mol. The third kappa shape index (κ3) is 4.78. The first kappa shape index (κ1) is 20.9. The molecule has 0 bridgehead atoms. The second-order valence-corrected chi connectivity index (χ2v) is 6.38. The Morgan fingerprint density at radius 1 is 1.17 bits per heavy atom. The van der Waals surface area contributed by atoms with Crippen molar-refractivity contribution < 1.29 is 28.6 Å². The number of para-hydroxylation sites is 3. The molecule has 8 heteroatoms. The Labute approximate surface area is 174 Å². The molecule has 0 spiro atoms. The smallest absolute Gasteiger partial charge is 0.331 e. The van der Waals surface area contributed by atoms with Gasteiger partial charge in [-0.25, -0.2) is 4.79 Å². The molecule has 3 rings (SSSR count). The van der Waals surface area contributed by atoms with Crippen LogP contribution in [0.3, 0.4) is 0 Å². The molecule has 0 saturated carbocycles. The maximum absolute atomic E-state index is 12.7. The highest BCUT2D eigenvalue weighted by Gasteiger charge is 2.33. The zero-order chi connectivity index (χ0) is 21.5. The number of carbonyl (C=O) groups is 3. The summed E-state index contributed by atoms with van der Waals surface area (Å²) in [5.41, 5.74) is 1.22. The largest absolute Gasteiger partial charge is 0.496 e. The molecule has 0 saturated heterocycles. The topological polar surface area (TPSA) is 94.2 Å². The van der Waals surface area contributed by atoms with Crippen LogP contribution in [0.1, 0.15) is 5.56 Å². The van der Waals surface area contributed by atoms with Crippen LogP contribution in [0, 0.1) is 0 Å². The van der Waals surface area contributed by atoms with E-state index in [4.69, 9.17) is 14.2 Å². The summed E-state index contributed by atoms with van der Waals surface area (Å²) >= 11 is 0. The van der Waals surface area contributed by atoms with Crippen molar-refractivity contribution >= 4 is 29.5 Å². The van der Waals surface area contributed by atoms with Gasteiger partial charge in [0.2, 0.25) is 0 Å². The van der Waals surface area contributed by atoms with Crippen LogP contribution < -0.4 is 19.7 Å². The number of rotatable bonds is 6. The van der Waals surface area contributed by atoms with E-state index in [0.29, 0.717) is 22.7 Å². The molecule has 2 amide bonds. The number of ether oxygens (including phenoxy) is 3. The Bertz CT molecular complexity index is 972. The van der Waals surface area contributed by atoms with E-state index < -0.39 is 24.6 Å². The Morgan fingerprint density at radius 2 is 1.90 bits per heavy atom. The number of hydrogen-bond donors (Lipinski definition) is 1. The molecule has 30 heavy (non-hydrogen) atoms. The lowest BCUT2D eigenvalue weighted by molar-refractivity contribution is -0.143. The van der Waals surface area contributed by atoms with Gasteiger partial charge in [0.1, 0.15) is 11.5 Å². The van der Waals surface area contributed by atoms with Crippen molar-refractivity contribution in [1.82, 2.24) is 5.32 Å². The lowest BCUT2D eigenvalue weighted by atomic mass is 10.1. The predicted molar refractivity (Wildman–Crippen MR) is 110 cm³/mol. The molecule has 1 atom stereocenters. The minimum atomic E-state index is -0.852. The maximum atomic E-state index is 12.7. The van der Waals surface area contributed by atoms with Crippen molar-refractivity contribution in [2.75, 3.05) is 32.2 Å². The average Bonchev–Trinajstić information content (AvgIpc) is 2.79. The summed E-state index contributed by atoms with van der Waals surface area (Å²) in [4.78, 5) is 38.2. The molecule has 1 aliphatic heterocycles. The van der Waals surface area contributed by atoms with Crippen molar-refractivity contribution in [2.24, 2.45) is 0 Å². The molecule has 1 N–H and O–H groups in total. The number of benzene rings is 2. The number of nitrogens with zero attached hydrogens (tertiary/aromatic N) is 1. The van der Waals surface area contributed by atoms with Crippen LogP contribution >= 0.6 is 0 Å². The van der Waals surface area contributed by atoms with Gasteiger partial charge >= 0.3 is 5.97 Å². The third-order valence-electron chi connectivity index (χ3n) is 4.49. The Kier molecular flexibility index (Phi) is 6.69. The van der Waals surface area contributed by atoms with E-state index in [9.17, 15) is 14.4 Å². The van der Waals surface area contributed by atoms with Crippen LogP contribution in [0.5, 0.6) is 11.5 Å². The lowest BCUT2D eigenvalue weighted by Crippen LogP contribution is -2.51. The van der Waals surface area contributed by atoms with E-state index in [2.05, 4.69) is 5.32 Å². The van der Waals surface area contributed by atoms with Crippen molar-refractivity contribution in [3.63, 3.8) is 0 Å². The first-order valence-corrected chi connectivity index (χ1v) is 9.29. The molecule has 0 aromatic heterocycles.